The van der Waals surface area contributed by atoms with Gasteiger partial charge in [-0.05, 0) is 13.2 Å². The van der Waals surface area contributed by atoms with Gasteiger partial charge in [0, 0.05) is 0 Å². The molecule has 0 aromatic carbocycles. The second-order valence-corrected chi connectivity index (χ2v) is 3.04. The van der Waals surface area contributed by atoms with Gasteiger partial charge < -0.3 is 0 Å². The van der Waals surface area contributed by atoms with E-state index in [9.17, 15) is 4.79 Å². The fourth-order valence-corrected chi connectivity index (χ4v) is 1.20. The van der Waals surface area contributed by atoms with Crippen molar-refractivity contribution in [3.05, 3.63) is 0 Å². The van der Waals surface area contributed by atoms with Crippen LogP contribution in [0.1, 0.15) is 6.92 Å². The summed E-state index contributed by atoms with van der Waals surface area (Å²) in [6.45, 7) is 1.62. The third-order valence-corrected chi connectivity index (χ3v) is 2.14. The van der Waals surface area contributed by atoms with Gasteiger partial charge in [0.15, 0.2) is 5.50 Å². The number of carbonyl (C=O) groups is 1. The lowest BCUT2D eigenvalue weighted by Crippen LogP contribution is -2.55. The van der Waals surface area contributed by atoms with Crippen molar-refractivity contribution in [1.29, 1.82) is 0 Å². The number of nitrogens with zero attached hydrogens (tertiary/aromatic N) is 2. The number of hydrazine groups is 1. The van der Waals surface area contributed by atoms with E-state index in [0.717, 1.165) is 5.01 Å². The maximum atomic E-state index is 11.1. The molecule has 62 valence electrons. The Balaban J connectivity index is 2.76. The van der Waals surface area contributed by atoms with Crippen LogP contribution in [-0.2, 0) is 4.79 Å². The number of rotatable bonds is 1. The standard InChI is InChI=1S/C5H10N4OS/c1-3-4(10)9(6)5(11-2)8-7-3/h5,8H,6H2,1-2H3/t5-/m0/s1. The number of thioether (sulfide) groups is 1. The number of hydrazone groups is 1. The monoisotopic (exact) mass is 174 g/mol. The predicted molar refractivity (Wildman–Crippen MR) is 44.6 cm³/mol. The third-order valence-electron chi connectivity index (χ3n) is 1.36. The molecule has 1 rings (SSSR count). The van der Waals surface area contributed by atoms with Gasteiger partial charge in [-0.3, -0.25) is 10.2 Å². The molecule has 0 aliphatic carbocycles. The summed E-state index contributed by atoms with van der Waals surface area (Å²) in [7, 11) is 0. The summed E-state index contributed by atoms with van der Waals surface area (Å²) in [4.78, 5) is 11.1. The molecule has 0 spiro atoms. The van der Waals surface area contributed by atoms with Gasteiger partial charge in [0.2, 0.25) is 0 Å². The smallest absolute Gasteiger partial charge is 0.276 e. The van der Waals surface area contributed by atoms with Crippen LogP contribution in [0.4, 0.5) is 0 Å². The summed E-state index contributed by atoms with van der Waals surface area (Å²) in [5.74, 6) is 5.21. The Morgan fingerprint density at radius 1 is 1.82 bits per heavy atom. The van der Waals surface area contributed by atoms with E-state index >= 15 is 0 Å². The molecule has 0 aromatic rings. The quantitative estimate of drug-likeness (QED) is 0.408. The second kappa shape index (κ2) is 3.10. The Morgan fingerprint density at radius 2 is 2.45 bits per heavy atom. The molecule has 0 fully saturated rings. The lowest BCUT2D eigenvalue weighted by atomic mass is 10.4. The van der Waals surface area contributed by atoms with Crippen molar-refractivity contribution in [1.82, 2.24) is 10.4 Å². The van der Waals surface area contributed by atoms with E-state index < -0.39 is 0 Å². The van der Waals surface area contributed by atoms with E-state index in [1.54, 1.807) is 6.92 Å². The molecule has 3 N–H and O–H groups in total. The van der Waals surface area contributed by atoms with Crippen LogP contribution in [0.15, 0.2) is 5.10 Å². The van der Waals surface area contributed by atoms with Crippen LogP contribution >= 0.6 is 11.8 Å². The van der Waals surface area contributed by atoms with Gasteiger partial charge in [0.1, 0.15) is 5.71 Å². The highest BCUT2D eigenvalue weighted by Gasteiger charge is 2.25. The third kappa shape index (κ3) is 1.46. The lowest BCUT2D eigenvalue weighted by molar-refractivity contribution is -0.126. The summed E-state index contributed by atoms with van der Waals surface area (Å²) in [5, 5.41) is 4.92. The first-order chi connectivity index (χ1) is 5.16. The number of carbonyl (C=O) groups excluding carboxylic acids is 1. The number of nitrogens with two attached hydrogens (primary N) is 1. The maximum Gasteiger partial charge on any atom is 0.286 e. The highest BCUT2D eigenvalue weighted by molar-refractivity contribution is 7.99. The molecule has 1 amide bonds. The molecule has 0 radical (unpaired) electrons. The molecular weight excluding hydrogens is 164 g/mol. The first-order valence-corrected chi connectivity index (χ1v) is 4.36. The summed E-state index contributed by atoms with van der Waals surface area (Å²) in [6, 6.07) is 0. The molecule has 1 aliphatic heterocycles. The van der Waals surface area contributed by atoms with Crippen molar-refractivity contribution < 1.29 is 4.79 Å². The van der Waals surface area contributed by atoms with Crippen molar-refractivity contribution in [2.75, 3.05) is 6.26 Å². The average Bonchev–Trinajstić information content (AvgIpc) is 2.01. The Bertz CT molecular complexity index is 205. The molecule has 0 aromatic heterocycles. The molecule has 1 heterocycles. The summed E-state index contributed by atoms with van der Waals surface area (Å²) >= 11 is 1.42. The first-order valence-electron chi connectivity index (χ1n) is 3.07. The van der Waals surface area contributed by atoms with Gasteiger partial charge in [-0.1, -0.05) is 0 Å². The van der Waals surface area contributed by atoms with Crippen LogP contribution in [-0.4, -0.2) is 28.4 Å². The molecular formula is C5H10N4OS. The molecule has 0 saturated carbocycles. The number of hydrogen-bond donors (Lipinski definition) is 2. The summed E-state index contributed by atoms with van der Waals surface area (Å²) in [5.41, 5.74) is 2.87. The van der Waals surface area contributed by atoms with E-state index in [2.05, 4.69) is 10.5 Å². The number of amides is 1. The van der Waals surface area contributed by atoms with E-state index in [1.165, 1.54) is 11.8 Å². The van der Waals surface area contributed by atoms with Crippen LogP contribution < -0.4 is 11.3 Å². The molecule has 5 nitrogen and oxygen atoms in total. The molecule has 0 unspecified atom stereocenters. The van der Waals surface area contributed by atoms with Crippen molar-refractivity contribution in [2.24, 2.45) is 10.9 Å². The zero-order chi connectivity index (χ0) is 8.43. The summed E-state index contributed by atoms with van der Waals surface area (Å²) < 4.78 is 0. The van der Waals surface area contributed by atoms with Crippen molar-refractivity contribution in [2.45, 2.75) is 12.4 Å². The van der Waals surface area contributed by atoms with Crippen LogP contribution in [0.3, 0.4) is 0 Å². The summed E-state index contributed by atoms with van der Waals surface area (Å²) in [6.07, 6.45) is 1.85. The number of hydrogen-bond acceptors (Lipinski definition) is 5. The van der Waals surface area contributed by atoms with E-state index in [4.69, 9.17) is 5.84 Å². The minimum absolute atomic E-state index is 0.233. The van der Waals surface area contributed by atoms with Gasteiger partial charge in [-0.15, -0.1) is 11.8 Å². The van der Waals surface area contributed by atoms with E-state index in [1.807, 2.05) is 6.26 Å². The van der Waals surface area contributed by atoms with E-state index in [-0.39, 0.29) is 11.4 Å². The fourth-order valence-electron chi connectivity index (χ4n) is 0.722. The minimum atomic E-state index is -0.244. The predicted octanol–water partition coefficient (Wildman–Crippen LogP) is -0.686. The van der Waals surface area contributed by atoms with Gasteiger partial charge in [0.05, 0.1) is 0 Å². The van der Waals surface area contributed by atoms with Crippen molar-refractivity contribution in [3.63, 3.8) is 0 Å². The second-order valence-electron chi connectivity index (χ2n) is 2.13. The SMILES string of the molecule is CS[C@H]1NN=C(C)C(=O)N1N. The highest BCUT2D eigenvalue weighted by Crippen LogP contribution is 2.09. The molecule has 0 saturated heterocycles. The average molecular weight is 174 g/mol. The Morgan fingerprint density at radius 3 is 3.00 bits per heavy atom. The lowest BCUT2D eigenvalue weighted by Gasteiger charge is -2.28. The van der Waals surface area contributed by atoms with Crippen LogP contribution in [0.2, 0.25) is 0 Å². The topological polar surface area (TPSA) is 70.7 Å². The molecule has 11 heavy (non-hydrogen) atoms. The fraction of sp³-hybridized carbons (Fsp3) is 0.600. The zero-order valence-corrected chi connectivity index (χ0v) is 7.18. The van der Waals surface area contributed by atoms with Gasteiger partial charge in [-0.25, -0.2) is 10.9 Å². The van der Waals surface area contributed by atoms with Crippen molar-refractivity contribution >= 4 is 23.4 Å². The Hall–Kier alpha value is -0.750. The maximum absolute atomic E-state index is 11.1. The normalized spacial score (nSPS) is 24.6. The molecule has 0 bridgehead atoms. The first kappa shape index (κ1) is 8.35. The van der Waals surface area contributed by atoms with Crippen LogP contribution in [0, 0.1) is 0 Å². The molecule has 6 heteroatoms. The highest BCUT2D eigenvalue weighted by atomic mass is 32.2. The molecule has 1 aliphatic rings. The zero-order valence-electron chi connectivity index (χ0n) is 6.37. The number of nitrogens with one attached hydrogen (secondary N) is 1. The van der Waals surface area contributed by atoms with Gasteiger partial charge in [-0.2, -0.15) is 5.10 Å². The minimum Gasteiger partial charge on any atom is -0.276 e. The van der Waals surface area contributed by atoms with Crippen molar-refractivity contribution in [3.8, 4) is 0 Å². The van der Waals surface area contributed by atoms with Gasteiger partial charge >= 0.3 is 0 Å². The van der Waals surface area contributed by atoms with Crippen LogP contribution in [0.25, 0.3) is 0 Å². The molecule has 1 atom stereocenters. The largest absolute Gasteiger partial charge is 0.286 e. The van der Waals surface area contributed by atoms with Gasteiger partial charge in [0.25, 0.3) is 5.91 Å². The van der Waals surface area contributed by atoms with Crippen LogP contribution in [0.5, 0.6) is 0 Å². The Kier molecular flexibility index (Phi) is 2.35. The Labute approximate surface area is 69.0 Å². The van der Waals surface area contributed by atoms with E-state index in [0.29, 0.717) is 5.71 Å².